The van der Waals surface area contributed by atoms with Gasteiger partial charge < -0.3 is 9.69 Å². The number of anilines is 2. The van der Waals surface area contributed by atoms with Gasteiger partial charge in [0, 0.05) is 32.9 Å². The van der Waals surface area contributed by atoms with Crippen molar-refractivity contribution in [2.24, 2.45) is 0 Å². The number of carbonyl (C=O) groups is 2. The first-order valence-electron chi connectivity index (χ1n) is 8.77. The lowest BCUT2D eigenvalue weighted by Crippen LogP contribution is -2.48. The molecule has 2 atom stereocenters. The second-order valence-electron chi connectivity index (χ2n) is 6.80. The van der Waals surface area contributed by atoms with Gasteiger partial charge in [-0.25, -0.2) is 4.98 Å². The first kappa shape index (κ1) is 22.5. The number of pyridine rings is 1. The van der Waals surface area contributed by atoms with Crippen molar-refractivity contribution in [2.45, 2.75) is 31.2 Å². The predicted octanol–water partition coefficient (Wildman–Crippen LogP) is 4.74. The van der Waals surface area contributed by atoms with Crippen molar-refractivity contribution in [1.29, 1.82) is 0 Å². The van der Waals surface area contributed by atoms with Crippen LogP contribution in [-0.2, 0) is 9.59 Å². The van der Waals surface area contributed by atoms with Crippen molar-refractivity contribution in [3.05, 3.63) is 52.0 Å². The molecule has 0 saturated carbocycles. The maximum Gasteiger partial charge on any atom is 0.228 e. The Morgan fingerprint density at radius 3 is 2.61 bits per heavy atom. The summed E-state index contributed by atoms with van der Waals surface area (Å²) in [6.07, 6.45) is 2.12. The summed E-state index contributed by atoms with van der Waals surface area (Å²) < 4.78 is 0. The zero-order valence-corrected chi connectivity index (χ0v) is 18.0. The highest BCUT2D eigenvalue weighted by Gasteiger charge is 2.38. The minimum atomic E-state index is -0.314. The lowest BCUT2D eigenvalue weighted by Gasteiger charge is -2.40. The Kier molecular flexibility index (Phi) is 7.70. The molecule has 1 aliphatic rings. The van der Waals surface area contributed by atoms with Crippen molar-refractivity contribution in [2.75, 3.05) is 23.9 Å². The Morgan fingerprint density at radius 1 is 1.21 bits per heavy atom. The number of piperidine rings is 1. The average molecular weight is 443 g/mol. The van der Waals surface area contributed by atoms with E-state index in [1.165, 1.54) is 0 Å². The minimum Gasteiger partial charge on any atom is -0.363 e. The van der Waals surface area contributed by atoms with Gasteiger partial charge in [0.2, 0.25) is 5.91 Å². The topological polar surface area (TPSA) is 53.5 Å². The van der Waals surface area contributed by atoms with Gasteiger partial charge in [0.1, 0.15) is 17.9 Å². The van der Waals surface area contributed by atoms with E-state index in [0.717, 1.165) is 17.7 Å². The summed E-state index contributed by atoms with van der Waals surface area (Å²) in [4.78, 5) is 32.3. The van der Waals surface area contributed by atoms with Gasteiger partial charge in [0.15, 0.2) is 0 Å². The molecule has 0 bridgehead atoms. The third kappa shape index (κ3) is 4.59. The number of aromatic nitrogens is 1. The van der Waals surface area contributed by atoms with Gasteiger partial charge in [-0.05, 0) is 36.2 Å². The van der Waals surface area contributed by atoms with E-state index in [2.05, 4.69) is 4.98 Å². The van der Waals surface area contributed by atoms with Crippen LogP contribution in [0.25, 0.3) is 0 Å². The number of amides is 1. The third-order valence-electron chi connectivity index (χ3n) is 4.87. The lowest BCUT2D eigenvalue weighted by atomic mass is 9.82. The summed E-state index contributed by atoms with van der Waals surface area (Å²) in [6.45, 7) is 0. The number of halogens is 3. The Hall–Kier alpha value is -1.82. The van der Waals surface area contributed by atoms with Crippen molar-refractivity contribution < 1.29 is 9.59 Å². The van der Waals surface area contributed by atoms with Crippen molar-refractivity contribution >= 4 is 59.4 Å². The van der Waals surface area contributed by atoms with Crippen LogP contribution < -0.4 is 9.80 Å². The Morgan fingerprint density at radius 2 is 1.96 bits per heavy atom. The highest BCUT2D eigenvalue weighted by Crippen LogP contribution is 2.39. The molecule has 0 spiro atoms. The molecule has 8 heteroatoms. The van der Waals surface area contributed by atoms with Gasteiger partial charge >= 0.3 is 0 Å². The number of nitrogens with zero attached hydrogens (tertiary/aromatic N) is 3. The SMILES string of the molecule is CN(C)c1cccc(N2C(=O)CC[C@@H](c3ccc(Cl)c(Cl)c3)C2CC=O)n1.Cl. The number of benzene rings is 1. The molecule has 5 nitrogen and oxygen atoms in total. The van der Waals surface area contributed by atoms with Crippen molar-refractivity contribution in [3.63, 3.8) is 0 Å². The third-order valence-corrected chi connectivity index (χ3v) is 5.61. The smallest absolute Gasteiger partial charge is 0.228 e. The van der Waals surface area contributed by atoms with E-state index < -0.39 is 0 Å². The first-order chi connectivity index (χ1) is 12.9. The fourth-order valence-electron chi connectivity index (χ4n) is 3.55. The molecule has 28 heavy (non-hydrogen) atoms. The first-order valence-corrected chi connectivity index (χ1v) is 9.53. The second-order valence-corrected chi connectivity index (χ2v) is 7.61. The molecule has 2 heterocycles. The molecule has 1 fully saturated rings. The number of aldehydes is 1. The molecular formula is C20H22Cl3N3O2. The van der Waals surface area contributed by atoms with Gasteiger partial charge in [-0.1, -0.05) is 35.3 Å². The summed E-state index contributed by atoms with van der Waals surface area (Å²) in [5, 5.41) is 0.951. The largest absolute Gasteiger partial charge is 0.363 e. The summed E-state index contributed by atoms with van der Waals surface area (Å²) in [6, 6.07) is 10.7. The minimum absolute atomic E-state index is 0. The van der Waals surface area contributed by atoms with Crippen molar-refractivity contribution in [3.8, 4) is 0 Å². The maximum absolute atomic E-state index is 12.8. The zero-order valence-electron chi connectivity index (χ0n) is 15.6. The Bertz CT molecular complexity index is 860. The maximum atomic E-state index is 12.8. The molecular weight excluding hydrogens is 421 g/mol. The van der Waals surface area contributed by atoms with Gasteiger partial charge in [0.05, 0.1) is 16.1 Å². The highest BCUT2D eigenvalue weighted by atomic mass is 35.5. The number of hydrogen-bond acceptors (Lipinski definition) is 4. The predicted molar refractivity (Wildman–Crippen MR) is 116 cm³/mol. The molecule has 3 rings (SSSR count). The molecule has 0 aliphatic carbocycles. The molecule has 1 amide bonds. The molecule has 1 aliphatic heterocycles. The summed E-state index contributed by atoms with van der Waals surface area (Å²) in [5.74, 6) is 1.26. The standard InChI is InChI=1S/C20H21Cl2N3O2.ClH/c1-24(2)18-4-3-5-19(23-18)25-17(10-11-26)14(7-9-20(25)27)13-6-8-15(21)16(22)12-13;/h3-6,8,11-12,14,17H,7,9-10H2,1-2H3;1H/t14-,17?;/m0./s1. The van der Waals surface area contributed by atoms with Crippen LogP contribution in [0.2, 0.25) is 10.0 Å². The Balaban J connectivity index is 0.00000280. The van der Waals surface area contributed by atoms with Crippen LogP contribution >= 0.6 is 35.6 Å². The second kappa shape index (κ2) is 9.59. The molecule has 150 valence electrons. The van der Waals surface area contributed by atoms with E-state index in [9.17, 15) is 9.59 Å². The van der Waals surface area contributed by atoms with Crippen LogP contribution in [0.3, 0.4) is 0 Å². The average Bonchev–Trinajstić information content (AvgIpc) is 2.65. The van der Waals surface area contributed by atoms with E-state index in [1.54, 1.807) is 17.0 Å². The van der Waals surface area contributed by atoms with E-state index in [4.69, 9.17) is 23.2 Å². The molecule has 0 radical (unpaired) electrons. The van der Waals surface area contributed by atoms with Crippen LogP contribution in [-0.4, -0.2) is 37.3 Å². The highest BCUT2D eigenvalue weighted by molar-refractivity contribution is 6.42. The van der Waals surface area contributed by atoms with E-state index in [-0.39, 0.29) is 36.7 Å². The summed E-state index contributed by atoms with van der Waals surface area (Å²) >= 11 is 12.2. The number of carbonyl (C=O) groups excluding carboxylic acids is 2. The number of hydrogen-bond donors (Lipinski definition) is 0. The lowest BCUT2D eigenvalue weighted by molar-refractivity contribution is -0.120. The van der Waals surface area contributed by atoms with E-state index >= 15 is 0 Å². The van der Waals surface area contributed by atoms with Gasteiger partial charge in [-0.15, -0.1) is 12.4 Å². The van der Waals surface area contributed by atoms with Crippen molar-refractivity contribution in [1.82, 2.24) is 4.98 Å². The van der Waals surface area contributed by atoms with E-state index in [0.29, 0.717) is 28.7 Å². The fourth-order valence-corrected chi connectivity index (χ4v) is 3.86. The zero-order chi connectivity index (χ0) is 19.6. The van der Waals surface area contributed by atoms with Gasteiger partial charge in [-0.3, -0.25) is 9.69 Å². The summed E-state index contributed by atoms with van der Waals surface area (Å²) in [7, 11) is 3.79. The van der Waals surface area contributed by atoms with Crippen LogP contribution in [0.5, 0.6) is 0 Å². The monoisotopic (exact) mass is 441 g/mol. The molecule has 1 aromatic heterocycles. The van der Waals surface area contributed by atoms with Crippen LogP contribution in [0.15, 0.2) is 36.4 Å². The van der Waals surface area contributed by atoms with Gasteiger partial charge in [-0.2, -0.15) is 0 Å². The van der Waals surface area contributed by atoms with Gasteiger partial charge in [0.25, 0.3) is 0 Å². The summed E-state index contributed by atoms with van der Waals surface area (Å²) in [5.41, 5.74) is 0.970. The molecule has 1 unspecified atom stereocenters. The molecule has 1 saturated heterocycles. The van der Waals surface area contributed by atoms with Crippen LogP contribution in [0.4, 0.5) is 11.6 Å². The van der Waals surface area contributed by atoms with Crippen LogP contribution in [0.1, 0.15) is 30.7 Å². The Labute approximate surface area is 181 Å². The normalized spacial score (nSPS) is 19.1. The number of rotatable bonds is 5. The molecule has 1 aromatic carbocycles. The quantitative estimate of drug-likeness (QED) is 0.627. The molecule has 2 aromatic rings. The fraction of sp³-hybridized carbons (Fsp3) is 0.350. The van der Waals surface area contributed by atoms with Crippen LogP contribution in [0, 0.1) is 0 Å². The van der Waals surface area contributed by atoms with E-state index in [1.807, 2.05) is 43.3 Å². The molecule has 0 N–H and O–H groups in total.